The number of anilines is 1. The normalized spacial score (nSPS) is 16.0. The van der Waals surface area contributed by atoms with Crippen LogP contribution in [0.25, 0.3) is 0 Å². The van der Waals surface area contributed by atoms with Crippen molar-refractivity contribution in [1.82, 2.24) is 4.98 Å². The van der Waals surface area contributed by atoms with Gasteiger partial charge in [0.1, 0.15) is 11.3 Å². The molecule has 136 valence electrons. The Morgan fingerprint density at radius 2 is 1.96 bits per heavy atom. The number of fused-ring (bicyclic) bond motifs is 1. The molecule has 2 aromatic heterocycles. The molecular weight excluding hydrogens is 368 g/mol. The van der Waals surface area contributed by atoms with Gasteiger partial charge in [0.25, 0.3) is 11.5 Å². The predicted molar refractivity (Wildman–Crippen MR) is 101 cm³/mol. The van der Waals surface area contributed by atoms with Crippen molar-refractivity contribution in [1.29, 1.82) is 0 Å². The number of hydrogen-bond donors (Lipinski definition) is 2. The molecule has 2 N–H and O–H groups in total. The minimum absolute atomic E-state index is 0.126. The summed E-state index contributed by atoms with van der Waals surface area (Å²) in [4.78, 5) is 40.2. The van der Waals surface area contributed by atoms with Gasteiger partial charge < -0.3 is 14.7 Å². The average Bonchev–Trinajstić information content (AvgIpc) is 3.17. The Morgan fingerprint density at radius 1 is 1.15 bits per heavy atom. The molecule has 7 heteroatoms. The van der Waals surface area contributed by atoms with Crippen LogP contribution in [0, 0.1) is 0 Å². The van der Waals surface area contributed by atoms with Crippen molar-refractivity contribution in [3.05, 3.63) is 86.7 Å². The van der Waals surface area contributed by atoms with Crippen molar-refractivity contribution >= 4 is 29.0 Å². The standard InChI is InChI=1S/C20H15ClN2O4/c21-14-4-1-2-5-15(14)22-19(25)13-10-12-16(23-20(13)26)8-11(9-17(12)24)18-6-3-7-27-18/h1-7,10-11H,8-9H2,(H,22,25)(H,23,26)/t11-/m0/s1. The lowest BCUT2D eigenvalue weighted by atomic mass is 9.84. The van der Waals surface area contributed by atoms with Gasteiger partial charge in [-0.2, -0.15) is 0 Å². The quantitative estimate of drug-likeness (QED) is 0.720. The number of para-hydroxylation sites is 1. The molecule has 0 radical (unpaired) electrons. The number of aromatic amines is 1. The van der Waals surface area contributed by atoms with Gasteiger partial charge >= 0.3 is 0 Å². The topological polar surface area (TPSA) is 92.2 Å². The van der Waals surface area contributed by atoms with Crippen LogP contribution in [-0.4, -0.2) is 16.7 Å². The van der Waals surface area contributed by atoms with Crippen LogP contribution in [0.5, 0.6) is 0 Å². The van der Waals surface area contributed by atoms with Gasteiger partial charge in [0, 0.05) is 23.6 Å². The molecule has 1 aliphatic carbocycles. The molecule has 1 aromatic carbocycles. The molecule has 0 unspecified atom stereocenters. The molecule has 0 saturated heterocycles. The van der Waals surface area contributed by atoms with Crippen LogP contribution in [0.15, 0.2) is 57.9 Å². The van der Waals surface area contributed by atoms with Gasteiger partial charge in [-0.1, -0.05) is 23.7 Å². The van der Waals surface area contributed by atoms with Crippen molar-refractivity contribution in [3.63, 3.8) is 0 Å². The zero-order valence-electron chi connectivity index (χ0n) is 14.1. The lowest BCUT2D eigenvalue weighted by Crippen LogP contribution is -2.29. The fourth-order valence-corrected chi connectivity index (χ4v) is 3.46. The van der Waals surface area contributed by atoms with Crippen LogP contribution in [0.3, 0.4) is 0 Å². The summed E-state index contributed by atoms with van der Waals surface area (Å²) in [6.45, 7) is 0. The Hall–Kier alpha value is -3.12. The third kappa shape index (κ3) is 3.31. The van der Waals surface area contributed by atoms with E-state index in [4.69, 9.17) is 16.0 Å². The molecular formula is C20H15ClN2O4. The SMILES string of the molecule is O=C1C[C@@H](c2ccco2)Cc2[nH]c(=O)c(C(=O)Nc3ccccc3Cl)cc21. The predicted octanol–water partition coefficient (Wildman–Crippen LogP) is 3.79. The summed E-state index contributed by atoms with van der Waals surface area (Å²) in [5, 5.41) is 2.96. The van der Waals surface area contributed by atoms with E-state index in [1.807, 2.05) is 6.07 Å². The number of rotatable bonds is 3. The Morgan fingerprint density at radius 3 is 2.70 bits per heavy atom. The molecule has 0 bridgehead atoms. The summed E-state index contributed by atoms with van der Waals surface area (Å²) < 4.78 is 5.39. The number of carbonyl (C=O) groups excluding carboxylic acids is 2. The number of nitrogens with one attached hydrogen (secondary N) is 2. The molecule has 2 heterocycles. The van der Waals surface area contributed by atoms with E-state index in [0.29, 0.717) is 34.1 Å². The second kappa shape index (κ2) is 6.89. The highest BCUT2D eigenvalue weighted by Crippen LogP contribution is 2.32. The number of ketones is 1. The first-order valence-electron chi connectivity index (χ1n) is 8.41. The highest BCUT2D eigenvalue weighted by molar-refractivity contribution is 6.33. The Labute approximate surface area is 159 Å². The van der Waals surface area contributed by atoms with Crippen molar-refractivity contribution in [3.8, 4) is 0 Å². The maximum atomic E-state index is 12.6. The second-order valence-electron chi connectivity index (χ2n) is 6.38. The first kappa shape index (κ1) is 17.3. The van der Waals surface area contributed by atoms with Crippen molar-refractivity contribution in [2.75, 3.05) is 5.32 Å². The molecule has 3 aromatic rings. The number of carbonyl (C=O) groups is 2. The first-order chi connectivity index (χ1) is 13.0. The molecule has 6 nitrogen and oxygen atoms in total. The summed E-state index contributed by atoms with van der Waals surface area (Å²) in [7, 11) is 0. The number of H-pyrrole nitrogens is 1. The van der Waals surface area contributed by atoms with E-state index in [9.17, 15) is 14.4 Å². The fourth-order valence-electron chi connectivity index (χ4n) is 3.28. The van der Waals surface area contributed by atoms with Gasteiger partial charge in [0.05, 0.1) is 17.0 Å². The highest BCUT2D eigenvalue weighted by atomic mass is 35.5. The van der Waals surface area contributed by atoms with E-state index >= 15 is 0 Å². The van der Waals surface area contributed by atoms with Crippen LogP contribution < -0.4 is 10.9 Å². The summed E-state index contributed by atoms with van der Waals surface area (Å²) in [5.74, 6) is -0.178. The van der Waals surface area contributed by atoms with Gasteiger partial charge in [-0.3, -0.25) is 14.4 Å². The van der Waals surface area contributed by atoms with Crippen LogP contribution in [-0.2, 0) is 6.42 Å². The summed E-state index contributed by atoms with van der Waals surface area (Å²) in [6.07, 6.45) is 2.29. The van der Waals surface area contributed by atoms with Crippen LogP contribution in [0.2, 0.25) is 5.02 Å². The van der Waals surface area contributed by atoms with Gasteiger partial charge in [0.2, 0.25) is 0 Å². The molecule has 0 fully saturated rings. The van der Waals surface area contributed by atoms with Gasteiger partial charge in [0.15, 0.2) is 5.78 Å². The fraction of sp³-hybridized carbons (Fsp3) is 0.150. The van der Waals surface area contributed by atoms with Crippen LogP contribution in [0.4, 0.5) is 5.69 Å². The number of hydrogen-bond acceptors (Lipinski definition) is 4. The minimum atomic E-state index is -0.617. The number of halogens is 1. The summed E-state index contributed by atoms with van der Waals surface area (Å²) >= 11 is 6.04. The zero-order valence-corrected chi connectivity index (χ0v) is 14.9. The zero-order chi connectivity index (χ0) is 19.0. The largest absolute Gasteiger partial charge is 0.469 e. The highest BCUT2D eigenvalue weighted by Gasteiger charge is 2.30. The average molecular weight is 383 g/mol. The number of Topliss-reactive ketones (excluding diaryl/α,β-unsaturated/α-hetero) is 1. The lowest BCUT2D eigenvalue weighted by molar-refractivity contribution is 0.0959. The minimum Gasteiger partial charge on any atom is -0.469 e. The molecule has 0 saturated carbocycles. The Balaban J connectivity index is 1.65. The van der Waals surface area contributed by atoms with E-state index in [1.165, 1.54) is 6.07 Å². The van der Waals surface area contributed by atoms with Gasteiger partial charge in [-0.25, -0.2) is 0 Å². The third-order valence-corrected chi connectivity index (χ3v) is 4.95. The summed E-state index contributed by atoms with van der Waals surface area (Å²) in [5.41, 5.74) is 0.601. The van der Waals surface area contributed by atoms with E-state index in [2.05, 4.69) is 10.3 Å². The van der Waals surface area contributed by atoms with E-state index < -0.39 is 11.5 Å². The second-order valence-corrected chi connectivity index (χ2v) is 6.79. The number of pyridine rings is 1. The smallest absolute Gasteiger partial charge is 0.261 e. The maximum Gasteiger partial charge on any atom is 0.261 e. The molecule has 1 atom stereocenters. The maximum absolute atomic E-state index is 12.6. The number of aromatic nitrogens is 1. The van der Waals surface area contributed by atoms with Gasteiger partial charge in [-0.15, -0.1) is 0 Å². The van der Waals surface area contributed by atoms with Crippen LogP contribution in [0.1, 0.15) is 44.5 Å². The molecule has 27 heavy (non-hydrogen) atoms. The van der Waals surface area contributed by atoms with Gasteiger partial charge in [-0.05, 0) is 36.8 Å². The molecule has 0 aliphatic heterocycles. The van der Waals surface area contributed by atoms with E-state index in [1.54, 1.807) is 36.6 Å². The summed E-state index contributed by atoms with van der Waals surface area (Å²) in [6, 6.07) is 11.7. The molecule has 1 amide bonds. The van der Waals surface area contributed by atoms with Crippen molar-refractivity contribution < 1.29 is 14.0 Å². The van der Waals surface area contributed by atoms with E-state index in [0.717, 1.165) is 0 Å². The number of benzene rings is 1. The third-order valence-electron chi connectivity index (χ3n) is 4.62. The monoisotopic (exact) mass is 382 g/mol. The Kier molecular flexibility index (Phi) is 4.41. The molecule has 0 spiro atoms. The number of furan rings is 1. The van der Waals surface area contributed by atoms with Crippen molar-refractivity contribution in [2.24, 2.45) is 0 Å². The van der Waals surface area contributed by atoms with Crippen molar-refractivity contribution in [2.45, 2.75) is 18.8 Å². The number of amides is 1. The lowest BCUT2D eigenvalue weighted by Gasteiger charge is -2.22. The van der Waals surface area contributed by atoms with Crippen LogP contribution >= 0.6 is 11.6 Å². The first-order valence-corrected chi connectivity index (χ1v) is 8.79. The van der Waals surface area contributed by atoms with E-state index in [-0.39, 0.29) is 23.7 Å². The molecule has 1 aliphatic rings. The molecule has 4 rings (SSSR count). The Bertz CT molecular complexity index is 1090.